The van der Waals surface area contributed by atoms with Crippen LogP contribution in [0.25, 0.3) is 0 Å². The van der Waals surface area contributed by atoms with Gasteiger partial charge in [-0.3, -0.25) is 24.2 Å². The van der Waals surface area contributed by atoms with Crippen molar-refractivity contribution in [3.8, 4) is 0 Å². The first-order chi connectivity index (χ1) is 9.23. The summed E-state index contributed by atoms with van der Waals surface area (Å²) in [5, 5.41) is 8.97. The van der Waals surface area contributed by atoms with Gasteiger partial charge in [0.2, 0.25) is 11.8 Å². The molecule has 1 fully saturated rings. The van der Waals surface area contributed by atoms with Crippen molar-refractivity contribution >= 4 is 17.8 Å². The van der Waals surface area contributed by atoms with Crippen LogP contribution in [0, 0.1) is 0 Å². The molecule has 0 radical (unpaired) electrons. The van der Waals surface area contributed by atoms with Gasteiger partial charge in [0.1, 0.15) is 0 Å². The molecule has 20 heavy (non-hydrogen) atoms. The Bertz CT molecular complexity index is 395. The van der Waals surface area contributed by atoms with Gasteiger partial charge >= 0.3 is 5.97 Å². The van der Waals surface area contributed by atoms with Crippen LogP contribution in [0.4, 0.5) is 0 Å². The van der Waals surface area contributed by atoms with Gasteiger partial charge in [-0.2, -0.15) is 0 Å². The maximum atomic E-state index is 12.3. The van der Waals surface area contributed by atoms with E-state index in [-0.39, 0.29) is 30.8 Å². The molecule has 1 N–H and O–H groups in total. The van der Waals surface area contributed by atoms with Crippen molar-refractivity contribution in [2.24, 2.45) is 0 Å². The number of rotatable bonds is 7. The van der Waals surface area contributed by atoms with Gasteiger partial charge in [-0.05, 0) is 27.9 Å². The van der Waals surface area contributed by atoms with Crippen molar-refractivity contribution < 1.29 is 19.5 Å². The summed E-state index contributed by atoms with van der Waals surface area (Å²) in [5.74, 6) is -1.51. The lowest BCUT2D eigenvalue weighted by molar-refractivity contribution is -0.142. The Hall–Kier alpha value is -1.47. The van der Waals surface area contributed by atoms with E-state index in [2.05, 4.69) is 0 Å². The predicted molar refractivity (Wildman–Crippen MR) is 73.2 cm³/mol. The first kappa shape index (κ1) is 16.6. The largest absolute Gasteiger partial charge is 0.480 e. The Kier molecular flexibility index (Phi) is 5.64. The average molecular weight is 285 g/mol. The van der Waals surface area contributed by atoms with Crippen LogP contribution < -0.4 is 0 Å². The highest BCUT2D eigenvalue weighted by Crippen LogP contribution is 2.20. The highest BCUT2D eigenvalue weighted by Gasteiger charge is 2.43. The number of carboxylic acids is 1. The summed E-state index contributed by atoms with van der Waals surface area (Å²) in [6.07, 6.45) is 0.0672. The molecule has 0 spiro atoms. The average Bonchev–Trinajstić information content (AvgIpc) is 2.59. The van der Waals surface area contributed by atoms with E-state index in [1.165, 1.54) is 4.90 Å². The third kappa shape index (κ3) is 4.01. The molecule has 1 rings (SSSR count). The zero-order valence-corrected chi connectivity index (χ0v) is 12.5. The van der Waals surface area contributed by atoms with E-state index in [9.17, 15) is 14.4 Å². The second kappa shape index (κ2) is 6.81. The normalized spacial score (nSPS) is 19.8. The molecule has 1 atom stereocenters. The van der Waals surface area contributed by atoms with E-state index in [1.54, 1.807) is 18.7 Å². The summed E-state index contributed by atoms with van der Waals surface area (Å²) < 4.78 is 0. The van der Waals surface area contributed by atoms with E-state index < -0.39 is 12.0 Å². The first-order valence-corrected chi connectivity index (χ1v) is 6.70. The van der Waals surface area contributed by atoms with E-state index in [1.807, 2.05) is 19.0 Å². The molecular weight excluding hydrogens is 262 g/mol. The fourth-order valence-electron chi connectivity index (χ4n) is 2.31. The maximum absolute atomic E-state index is 12.3. The fraction of sp³-hybridized carbons (Fsp3) is 0.769. The number of hydrogen-bond acceptors (Lipinski definition) is 5. The number of nitrogens with zero attached hydrogens (tertiary/aromatic N) is 3. The lowest BCUT2D eigenvalue weighted by Gasteiger charge is -2.27. The van der Waals surface area contributed by atoms with Crippen LogP contribution in [0.15, 0.2) is 0 Å². The number of likely N-dealkylation sites (tertiary alicyclic amines) is 1. The standard InChI is InChI=1S/C13H23N3O4/c1-9(2)16-11(17)7-10(13(16)20)15(8-12(18)19)6-5-14(3)4/h9-10H,5-8H2,1-4H3,(H,18,19). The lowest BCUT2D eigenvalue weighted by atomic mass is 10.2. The molecule has 1 heterocycles. The third-order valence-corrected chi connectivity index (χ3v) is 3.29. The molecule has 1 aliphatic rings. The van der Waals surface area contributed by atoms with Gasteiger partial charge in [-0.1, -0.05) is 0 Å². The summed E-state index contributed by atoms with van der Waals surface area (Å²) in [6, 6.07) is -0.846. The zero-order valence-electron chi connectivity index (χ0n) is 12.5. The molecule has 114 valence electrons. The molecule has 7 nitrogen and oxygen atoms in total. The van der Waals surface area contributed by atoms with Crippen LogP contribution in [0.2, 0.25) is 0 Å². The summed E-state index contributed by atoms with van der Waals surface area (Å²) in [6.45, 7) is 4.39. The topological polar surface area (TPSA) is 81.2 Å². The van der Waals surface area contributed by atoms with Crippen LogP contribution >= 0.6 is 0 Å². The van der Waals surface area contributed by atoms with Crippen LogP contribution in [-0.2, 0) is 14.4 Å². The highest BCUT2D eigenvalue weighted by molar-refractivity contribution is 6.05. The number of aliphatic carboxylic acids is 1. The first-order valence-electron chi connectivity index (χ1n) is 6.70. The van der Waals surface area contributed by atoms with Gasteiger partial charge in [0.15, 0.2) is 0 Å². The number of carboxylic acid groups (broad SMARTS) is 1. The molecule has 0 aromatic heterocycles. The molecule has 1 saturated heterocycles. The Balaban J connectivity index is 2.83. The Morgan fingerprint density at radius 3 is 2.35 bits per heavy atom. The molecular formula is C13H23N3O4. The molecule has 0 saturated carbocycles. The van der Waals surface area contributed by atoms with Crippen LogP contribution in [0.1, 0.15) is 20.3 Å². The van der Waals surface area contributed by atoms with Crippen LogP contribution in [0.5, 0.6) is 0 Å². The van der Waals surface area contributed by atoms with Crippen molar-refractivity contribution in [1.29, 1.82) is 0 Å². The van der Waals surface area contributed by atoms with Gasteiger partial charge in [0, 0.05) is 19.1 Å². The Labute approximate surface area is 119 Å². The third-order valence-electron chi connectivity index (χ3n) is 3.29. The predicted octanol–water partition coefficient (Wildman–Crippen LogP) is -0.529. The summed E-state index contributed by atoms with van der Waals surface area (Å²) in [5.41, 5.74) is 0. The Morgan fingerprint density at radius 1 is 1.35 bits per heavy atom. The summed E-state index contributed by atoms with van der Waals surface area (Å²) >= 11 is 0. The van der Waals surface area contributed by atoms with Gasteiger partial charge in [0.05, 0.1) is 19.0 Å². The van der Waals surface area contributed by atoms with E-state index in [0.717, 1.165) is 0 Å². The smallest absolute Gasteiger partial charge is 0.317 e. The minimum atomic E-state index is -0.994. The maximum Gasteiger partial charge on any atom is 0.317 e. The highest BCUT2D eigenvalue weighted by atomic mass is 16.4. The molecule has 0 aromatic carbocycles. The molecule has 2 amide bonds. The van der Waals surface area contributed by atoms with E-state index in [0.29, 0.717) is 13.1 Å². The van der Waals surface area contributed by atoms with Gasteiger partial charge in [-0.15, -0.1) is 0 Å². The quantitative estimate of drug-likeness (QED) is 0.633. The zero-order chi connectivity index (χ0) is 15.4. The van der Waals surface area contributed by atoms with Crippen LogP contribution in [0.3, 0.4) is 0 Å². The monoisotopic (exact) mass is 285 g/mol. The van der Waals surface area contributed by atoms with E-state index in [4.69, 9.17) is 5.11 Å². The number of carbonyl (C=O) groups is 3. The van der Waals surface area contributed by atoms with Gasteiger partial charge < -0.3 is 10.0 Å². The molecule has 0 aromatic rings. The molecule has 7 heteroatoms. The number of likely N-dealkylation sites (N-methyl/N-ethyl adjacent to an activating group) is 1. The van der Waals surface area contributed by atoms with Crippen LogP contribution in [-0.4, -0.2) is 83.4 Å². The second-order valence-electron chi connectivity index (χ2n) is 5.58. The van der Waals surface area contributed by atoms with Crippen molar-refractivity contribution in [2.75, 3.05) is 33.7 Å². The summed E-state index contributed by atoms with van der Waals surface area (Å²) in [7, 11) is 3.75. The second-order valence-corrected chi connectivity index (χ2v) is 5.58. The number of carbonyl (C=O) groups excluding carboxylic acids is 2. The molecule has 1 unspecified atom stereocenters. The SMILES string of the molecule is CC(C)N1C(=O)CC(N(CCN(C)C)CC(=O)O)C1=O. The fourth-order valence-corrected chi connectivity index (χ4v) is 2.31. The molecule has 0 bridgehead atoms. The van der Waals surface area contributed by atoms with Gasteiger partial charge in [0.25, 0.3) is 0 Å². The lowest BCUT2D eigenvalue weighted by Crippen LogP contribution is -2.47. The minimum absolute atomic E-state index is 0.0672. The van der Waals surface area contributed by atoms with Crippen molar-refractivity contribution in [3.05, 3.63) is 0 Å². The molecule has 1 aliphatic heterocycles. The van der Waals surface area contributed by atoms with Crippen molar-refractivity contribution in [2.45, 2.75) is 32.4 Å². The minimum Gasteiger partial charge on any atom is -0.480 e. The number of amides is 2. The Morgan fingerprint density at radius 2 is 1.95 bits per heavy atom. The number of imide groups is 1. The van der Waals surface area contributed by atoms with Gasteiger partial charge in [-0.25, -0.2) is 0 Å². The van der Waals surface area contributed by atoms with Crippen molar-refractivity contribution in [3.63, 3.8) is 0 Å². The number of hydrogen-bond donors (Lipinski definition) is 1. The van der Waals surface area contributed by atoms with E-state index >= 15 is 0 Å². The van der Waals surface area contributed by atoms with Crippen molar-refractivity contribution in [1.82, 2.24) is 14.7 Å². The summed E-state index contributed by atoms with van der Waals surface area (Å²) in [4.78, 5) is 39.8. The molecule has 0 aliphatic carbocycles.